The number of hydrogen-bond donors (Lipinski definition) is 2. The number of hydrogen-bond acceptors (Lipinski definition) is 4. The van der Waals surface area contributed by atoms with Crippen LogP contribution in [0.2, 0.25) is 0 Å². The van der Waals surface area contributed by atoms with Crippen molar-refractivity contribution in [3.63, 3.8) is 0 Å². The third-order valence-corrected chi connectivity index (χ3v) is 7.56. The smallest absolute Gasteiger partial charge is 0.158 e. The molecule has 0 amide bonds. The molecule has 41 heavy (non-hydrogen) atoms. The van der Waals surface area contributed by atoms with Crippen LogP contribution in [0, 0.1) is 0 Å². The van der Waals surface area contributed by atoms with E-state index in [0.29, 0.717) is 22.9 Å². The predicted octanol–water partition coefficient (Wildman–Crippen LogP) is 9.34. The van der Waals surface area contributed by atoms with Crippen LogP contribution in [0.4, 0.5) is 11.4 Å². The maximum atomic E-state index is 6.61. The molecule has 6 aromatic rings. The van der Waals surface area contributed by atoms with Crippen LogP contribution in [0.1, 0.15) is 11.1 Å². The van der Waals surface area contributed by atoms with Crippen molar-refractivity contribution in [3.8, 4) is 56.4 Å². The molecule has 6 aromatic carbocycles. The summed E-state index contributed by atoms with van der Waals surface area (Å²) < 4.78 is 12.9. The van der Waals surface area contributed by atoms with Gasteiger partial charge in [0.15, 0.2) is 11.5 Å². The van der Waals surface area contributed by atoms with Gasteiger partial charge in [-0.2, -0.15) is 0 Å². The van der Waals surface area contributed by atoms with Crippen molar-refractivity contribution in [2.45, 2.75) is 6.42 Å². The topological polar surface area (TPSA) is 70.5 Å². The first-order valence-electron chi connectivity index (χ1n) is 13.6. The molecule has 4 heteroatoms. The minimum Gasteiger partial charge on any atom is -0.455 e. The van der Waals surface area contributed by atoms with E-state index in [9.17, 15) is 0 Å². The van der Waals surface area contributed by atoms with Gasteiger partial charge < -0.3 is 20.9 Å². The zero-order valence-corrected chi connectivity index (χ0v) is 22.4. The summed E-state index contributed by atoms with van der Waals surface area (Å²) in [7, 11) is 0. The standard InChI is InChI=1S/C37H28N2O2/c38-33-19-9-17-30(36(33)40-25-12-3-1-4-13-25)29-22-21-28-27-16-8-7-11-24(27)23-32(28)35(29)31-18-10-20-34(39)37(31)41-26-14-5-2-6-15-26/h1-22H,23,38-39H2. The maximum absolute atomic E-state index is 6.61. The molecule has 0 fully saturated rings. The van der Waals surface area contributed by atoms with Gasteiger partial charge in [0.2, 0.25) is 0 Å². The highest BCUT2D eigenvalue weighted by molar-refractivity contribution is 5.98. The van der Waals surface area contributed by atoms with Crippen molar-refractivity contribution in [3.05, 3.63) is 145 Å². The second-order valence-electron chi connectivity index (χ2n) is 10.1. The van der Waals surface area contributed by atoms with Gasteiger partial charge in [-0.25, -0.2) is 0 Å². The molecule has 4 nitrogen and oxygen atoms in total. The molecular weight excluding hydrogens is 504 g/mol. The Bertz CT molecular complexity index is 1880. The van der Waals surface area contributed by atoms with Crippen molar-refractivity contribution in [1.82, 2.24) is 0 Å². The summed E-state index contributed by atoms with van der Waals surface area (Å²) in [4.78, 5) is 0. The van der Waals surface area contributed by atoms with Crippen LogP contribution in [-0.4, -0.2) is 0 Å². The minimum atomic E-state index is 0.564. The van der Waals surface area contributed by atoms with E-state index in [1.807, 2.05) is 84.9 Å². The van der Waals surface area contributed by atoms with Gasteiger partial charge >= 0.3 is 0 Å². The van der Waals surface area contributed by atoms with E-state index < -0.39 is 0 Å². The fourth-order valence-electron chi connectivity index (χ4n) is 5.70. The number of benzene rings is 6. The van der Waals surface area contributed by atoms with Crippen LogP contribution >= 0.6 is 0 Å². The van der Waals surface area contributed by atoms with Crippen LogP contribution < -0.4 is 20.9 Å². The summed E-state index contributed by atoms with van der Waals surface area (Å²) in [6.45, 7) is 0. The van der Waals surface area contributed by atoms with Crippen molar-refractivity contribution < 1.29 is 9.47 Å². The quantitative estimate of drug-likeness (QED) is 0.209. The average Bonchev–Trinajstić information content (AvgIpc) is 3.39. The Hall–Kier alpha value is -5.48. The zero-order chi connectivity index (χ0) is 27.8. The Balaban J connectivity index is 1.49. The molecule has 0 aliphatic heterocycles. The second kappa shape index (κ2) is 10.2. The summed E-state index contributed by atoms with van der Waals surface area (Å²) >= 11 is 0. The SMILES string of the molecule is Nc1cccc(-c2ccc3c(c2-c2cccc(N)c2Oc2ccccc2)Cc2ccccc2-3)c1Oc1ccccc1. The number of ether oxygens (including phenoxy) is 2. The van der Waals surface area contributed by atoms with Gasteiger partial charge in [0.1, 0.15) is 11.5 Å². The molecule has 1 aliphatic carbocycles. The van der Waals surface area contributed by atoms with Gasteiger partial charge in [0.25, 0.3) is 0 Å². The largest absolute Gasteiger partial charge is 0.455 e. The molecule has 198 valence electrons. The van der Waals surface area contributed by atoms with Crippen molar-refractivity contribution in [1.29, 1.82) is 0 Å². The Morgan fingerprint density at radius 2 is 0.927 bits per heavy atom. The predicted molar refractivity (Wildman–Crippen MR) is 167 cm³/mol. The highest BCUT2D eigenvalue weighted by Gasteiger charge is 2.28. The lowest BCUT2D eigenvalue weighted by Crippen LogP contribution is -2.00. The molecule has 0 spiro atoms. The molecule has 0 bridgehead atoms. The van der Waals surface area contributed by atoms with E-state index in [0.717, 1.165) is 40.2 Å². The Labute approximate surface area is 239 Å². The highest BCUT2D eigenvalue weighted by atomic mass is 16.5. The molecule has 0 heterocycles. The molecular formula is C37H28N2O2. The molecule has 0 saturated heterocycles. The van der Waals surface area contributed by atoms with Crippen molar-refractivity contribution >= 4 is 11.4 Å². The minimum absolute atomic E-state index is 0.564. The monoisotopic (exact) mass is 532 g/mol. The summed E-state index contributed by atoms with van der Waals surface area (Å²) in [5.41, 5.74) is 23.2. The van der Waals surface area contributed by atoms with Crippen LogP contribution in [0.3, 0.4) is 0 Å². The Morgan fingerprint density at radius 3 is 1.59 bits per heavy atom. The van der Waals surface area contributed by atoms with E-state index in [1.165, 1.54) is 22.3 Å². The Morgan fingerprint density at radius 1 is 0.415 bits per heavy atom. The molecule has 0 unspecified atom stereocenters. The third kappa shape index (κ3) is 4.46. The lowest BCUT2D eigenvalue weighted by atomic mass is 9.86. The maximum Gasteiger partial charge on any atom is 0.158 e. The fraction of sp³-hybridized carbons (Fsp3) is 0.0270. The van der Waals surface area contributed by atoms with Gasteiger partial charge in [-0.1, -0.05) is 97.1 Å². The molecule has 0 radical (unpaired) electrons. The van der Waals surface area contributed by atoms with Crippen molar-refractivity contribution in [2.24, 2.45) is 0 Å². The number of rotatable bonds is 6. The fourth-order valence-corrected chi connectivity index (χ4v) is 5.70. The van der Waals surface area contributed by atoms with E-state index in [1.54, 1.807) is 0 Å². The molecule has 1 aliphatic rings. The van der Waals surface area contributed by atoms with Gasteiger partial charge in [0.05, 0.1) is 11.4 Å². The van der Waals surface area contributed by atoms with E-state index in [2.05, 4.69) is 48.5 Å². The van der Waals surface area contributed by atoms with Crippen LogP contribution in [0.5, 0.6) is 23.0 Å². The van der Waals surface area contributed by atoms with E-state index in [4.69, 9.17) is 20.9 Å². The summed E-state index contributed by atoms with van der Waals surface area (Å²) in [5, 5.41) is 0. The van der Waals surface area contributed by atoms with Gasteiger partial charge in [-0.3, -0.25) is 0 Å². The lowest BCUT2D eigenvalue weighted by Gasteiger charge is -2.22. The normalized spacial score (nSPS) is 11.5. The van der Waals surface area contributed by atoms with Gasteiger partial charge in [-0.05, 0) is 76.2 Å². The number of para-hydroxylation sites is 4. The third-order valence-electron chi connectivity index (χ3n) is 7.56. The molecule has 4 N–H and O–H groups in total. The number of anilines is 2. The highest BCUT2D eigenvalue weighted by Crippen LogP contribution is 2.51. The summed E-state index contributed by atoms with van der Waals surface area (Å²) in [5.74, 6) is 2.68. The first kappa shape index (κ1) is 24.6. The second-order valence-corrected chi connectivity index (χ2v) is 10.1. The number of fused-ring (bicyclic) bond motifs is 3. The van der Waals surface area contributed by atoms with Crippen molar-refractivity contribution in [2.75, 3.05) is 11.5 Å². The Kier molecular flexibility index (Phi) is 6.14. The molecule has 0 saturated carbocycles. The summed E-state index contributed by atoms with van der Waals surface area (Å²) in [6, 6.07) is 44.3. The number of nitrogen functional groups attached to an aromatic ring is 2. The van der Waals surface area contributed by atoms with E-state index >= 15 is 0 Å². The number of nitrogens with two attached hydrogens (primary N) is 2. The molecule has 7 rings (SSSR count). The zero-order valence-electron chi connectivity index (χ0n) is 22.4. The molecule has 0 aromatic heterocycles. The summed E-state index contributed by atoms with van der Waals surface area (Å²) in [6.07, 6.45) is 0.797. The van der Waals surface area contributed by atoms with Gasteiger partial charge in [0, 0.05) is 11.1 Å². The molecule has 0 atom stereocenters. The first-order valence-corrected chi connectivity index (χ1v) is 13.6. The average molecular weight is 533 g/mol. The lowest BCUT2D eigenvalue weighted by molar-refractivity contribution is 0.486. The van der Waals surface area contributed by atoms with Crippen LogP contribution in [-0.2, 0) is 6.42 Å². The first-order chi connectivity index (χ1) is 20.2. The van der Waals surface area contributed by atoms with Crippen LogP contribution in [0.25, 0.3) is 33.4 Å². The van der Waals surface area contributed by atoms with E-state index in [-0.39, 0.29) is 0 Å². The van der Waals surface area contributed by atoms with Gasteiger partial charge in [-0.15, -0.1) is 0 Å². The van der Waals surface area contributed by atoms with Crippen LogP contribution in [0.15, 0.2) is 133 Å².